The van der Waals surface area contributed by atoms with Crippen LogP contribution in [0.15, 0.2) is 23.1 Å². The van der Waals surface area contributed by atoms with Crippen molar-refractivity contribution in [1.29, 1.82) is 0 Å². The van der Waals surface area contributed by atoms with Gasteiger partial charge in [-0.3, -0.25) is 14.4 Å². The van der Waals surface area contributed by atoms with Gasteiger partial charge in [-0.1, -0.05) is 13.0 Å². The lowest BCUT2D eigenvalue weighted by Gasteiger charge is -2.22. The van der Waals surface area contributed by atoms with Crippen LogP contribution in [-0.2, 0) is 20.8 Å². The van der Waals surface area contributed by atoms with E-state index in [9.17, 15) is 14.4 Å². The van der Waals surface area contributed by atoms with Gasteiger partial charge in [0.1, 0.15) is 0 Å². The second-order valence-corrected chi connectivity index (χ2v) is 7.33. The summed E-state index contributed by atoms with van der Waals surface area (Å²) in [6.45, 7) is 4.46. The van der Waals surface area contributed by atoms with Crippen LogP contribution in [0.5, 0.6) is 0 Å². The fourth-order valence-electron chi connectivity index (χ4n) is 3.17. The molecule has 1 aromatic rings. The fourth-order valence-corrected chi connectivity index (χ4v) is 3.96. The third-order valence-corrected chi connectivity index (χ3v) is 5.61. The molecule has 2 aliphatic rings. The van der Waals surface area contributed by atoms with Crippen LogP contribution < -0.4 is 5.32 Å². The molecule has 6 nitrogen and oxygen atoms in total. The van der Waals surface area contributed by atoms with Crippen molar-refractivity contribution in [2.45, 2.75) is 31.1 Å². The molecular weight excluding hydrogens is 338 g/mol. The average Bonchev–Trinajstić information content (AvgIpc) is 2.87. The maximum atomic E-state index is 12.6. The molecule has 1 aromatic carbocycles. The van der Waals surface area contributed by atoms with E-state index in [4.69, 9.17) is 0 Å². The van der Waals surface area contributed by atoms with E-state index in [0.717, 1.165) is 29.1 Å². The van der Waals surface area contributed by atoms with Crippen LogP contribution in [-0.4, -0.2) is 59.5 Å². The summed E-state index contributed by atoms with van der Waals surface area (Å²) >= 11 is 1.52. The fraction of sp³-hybridized carbons (Fsp3) is 0.500. The minimum absolute atomic E-state index is 0.00539. The Labute approximate surface area is 151 Å². The Morgan fingerprint density at radius 3 is 2.56 bits per heavy atom. The Kier molecular flexibility index (Phi) is 5.63. The predicted octanol–water partition coefficient (Wildman–Crippen LogP) is 1.74. The third-order valence-electron chi connectivity index (χ3n) is 4.54. The number of carbonyl (C=O) groups excluding carboxylic acids is 3. The molecule has 0 atom stereocenters. The minimum atomic E-state index is -0.00539. The van der Waals surface area contributed by atoms with Crippen LogP contribution >= 0.6 is 11.8 Å². The van der Waals surface area contributed by atoms with Crippen molar-refractivity contribution >= 4 is 35.2 Å². The highest BCUT2D eigenvalue weighted by Gasteiger charge is 2.22. The van der Waals surface area contributed by atoms with Crippen LogP contribution in [0.1, 0.15) is 25.3 Å². The maximum Gasteiger partial charge on any atom is 0.234 e. The summed E-state index contributed by atoms with van der Waals surface area (Å²) in [6.07, 6.45) is 1.64. The van der Waals surface area contributed by atoms with E-state index in [-0.39, 0.29) is 17.7 Å². The number of nitrogens with one attached hydrogen (secondary N) is 1. The van der Waals surface area contributed by atoms with Crippen molar-refractivity contribution < 1.29 is 14.4 Å². The lowest BCUT2D eigenvalue weighted by Crippen LogP contribution is -2.37. The first kappa shape index (κ1) is 17.8. The number of fused-ring (bicyclic) bond motifs is 1. The van der Waals surface area contributed by atoms with E-state index in [1.165, 1.54) is 11.8 Å². The summed E-state index contributed by atoms with van der Waals surface area (Å²) in [4.78, 5) is 40.7. The molecule has 2 aliphatic heterocycles. The highest BCUT2D eigenvalue weighted by atomic mass is 32.2. The van der Waals surface area contributed by atoms with Gasteiger partial charge in [0.2, 0.25) is 17.7 Å². The number of hydrogen-bond acceptors (Lipinski definition) is 4. The molecule has 0 aliphatic carbocycles. The van der Waals surface area contributed by atoms with Crippen molar-refractivity contribution in [1.82, 2.24) is 9.80 Å². The molecule has 1 fully saturated rings. The second kappa shape index (κ2) is 7.91. The van der Waals surface area contributed by atoms with Gasteiger partial charge in [0.15, 0.2) is 0 Å². The molecule has 0 radical (unpaired) electrons. The zero-order valence-electron chi connectivity index (χ0n) is 14.4. The van der Waals surface area contributed by atoms with Gasteiger partial charge < -0.3 is 15.1 Å². The van der Waals surface area contributed by atoms with E-state index in [1.54, 1.807) is 0 Å². The predicted molar refractivity (Wildman–Crippen MR) is 97.6 cm³/mol. The molecule has 0 bridgehead atoms. The van der Waals surface area contributed by atoms with Gasteiger partial charge in [-0.2, -0.15) is 0 Å². The highest BCUT2D eigenvalue weighted by Crippen LogP contribution is 2.32. The molecule has 0 spiro atoms. The van der Waals surface area contributed by atoms with Crippen LogP contribution in [0.4, 0.5) is 5.69 Å². The molecule has 7 heteroatoms. The topological polar surface area (TPSA) is 69.7 Å². The van der Waals surface area contributed by atoms with E-state index in [1.807, 2.05) is 34.9 Å². The first-order chi connectivity index (χ1) is 12.1. The van der Waals surface area contributed by atoms with Gasteiger partial charge in [-0.05, 0) is 24.1 Å². The summed E-state index contributed by atoms with van der Waals surface area (Å²) < 4.78 is 0. The quantitative estimate of drug-likeness (QED) is 0.890. The normalized spacial score (nSPS) is 17.6. The molecule has 0 unspecified atom stereocenters. The number of amides is 3. The lowest BCUT2D eigenvalue weighted by atomic mass is 10.1. The average molecular weight is 361 g/mol. The van der Waals surface area contributed by atoms with Gasteiger partial charge in [-0.25, -0.2) is 0 Å². The molecule has 2 heterocycles. The van der Waals surface area contributed by atoms with E-state index in [2.05, 4.69) is 5.32 Å². The molecule has 0 aromatic heterocycles. The standard InChI is InChI=1S/C18H23N3O3S/c1-2-17(23)20-6-3-7-21(9-8-20)18(24)11-13-4-5-15-14(10-13)19-16(22)12-25-15/h4-5,10H,2-3,6-9,11-12H2,1H3,(H,19,22). The van der Waals surface area contributed by atoms with Crippen molar-refractivity contribution in [2.24, 2.45) is 0 Å². The van der Waals surface area contributed by atoms with Crippen LogP contribution in [0, 0.1) is 0 Å². The van der Waals surface area contributed by atoms with Gasteiger partial charge >= 0.3 is 0 Å². The van der Waals surface area contributed by atoms with Crippen LogP contribution in [0.3, 0.4) is 0 Å². The highest BCUT2D eigenvalue weighted by molar-refractivity contribution is 8.00. The van der Waals surface area contributed by atoms with Crippen molar-refractivity contribution in [2.75, 3.05) is 37.2 Å². The Balaban J connectivity index is 1.61. The summed E-state index contributed by atoms with van der Waals surface area (Å²) in [6, 6.07) is 5.81. The van der Waals surface area contributed by atoms with Gasteiger partial charge in [-0.15, -0.1) is 11.8 Å². The van der Waals surface area contributed by atoms with E-state index in [0.29, 0.717) is 38.2 Å². The van der Waals surface area contributed by atoms with Gasteiger partial charge in [0, 0.05) is 37.5 Å². The van der Waals surface area contributed by atoms with E-state index >= 15 is 0 Å². The molecule has 0 saturated carbocycles. The van der Waals surface area contributed by atoms with Crippen molar-refractivity contribution in [3.63, 3.8) is 0 Å². The molecule has 3 amide bonds. The smallest absolute Gasteiger partial charge is 0.234 e. The third kappa shape index (κ3) is 4.34. The summed E-state index contributed by atoms with van der Waals surface area (Å²) in [7, 11) is 0. The molecule has 1 saturated heterocycles. The summed E-state index contributed by atoms with van der Waals surface area (Å²) in [5.41, 5.74) is 1.69. The molecule has 134 valence electrons. The number of rotatable bonds is 3. The number of carbonyl (C=O) groups is 3. The zero-order valence-corrected chi connectivity index (χ0v) is 15.2. The molecular formula is C18H23N3O3S. The SMILES string of the molecule is CCC(=O)N1CCCN(C(=O)Cc2ccc3c(c2)NC(=O)CS3)CC1. The van der Waals surface area contributed by atoms with Crippen LogP contribution in [0.25, 0.3) is 0 Å². The van der Waals surface area contributed by atoms with E-state index < -0.39 is 0 Å². The van der Waals surface area contributed by atoms with Crippen molar-refractivity contribution in [3.8, 4) is 0 Å². The zero-order chi connectivity index (χ0) is 17.8. The summed E-state index contributed by atoms with van der Waals surface area (Å²) in [5, 5.41) is 2.86. The Bertz CT molecular complexity index is 692. The number of hydrogen-bond donors (Lipinski definition) is 1. The minimum Gasteiger partial charge on any atom is -0.341 e. The first-order valence-corrected chi connectivity index (χ1v) is 9.66. The van der Waals surface area contributed by atoms with Gasteiger partial charge in [0.25, 0.3) is 0 Å². The molecule has 25 heavy (non-hydrogen) atoms. The number of thioether (sulfide) groups is 1. The molecule has 1 N–H and O–H groups in total. The van der Waals surface area contributed by atoms with Gasteiger partial charge in [0.05, 0.1) is 17.9 Å². The summed E-state index contributed by atoms with van der Waals surface area (Å²) in [5.74, 6) is 0.651. The molecule has 3 rings (SSSR count). The Morgan fingerprint density at radius 1 is 1.12 bits per heavy atom. The maximum absolute atomic E-state index is 12.6. The Hall–Kier alpha value is -2.02. The number of anilines is 1. The first-order valence-electron chi connectivity index (χ1n) is 8.68. The lowest BCUT2D eigenvalue weighted by molar-refractivity contribution is -0.133. The second-order valence-electron chi connectivity index (χ2n) is 6.31. The Morgan fingerprint density at radius 2 is 1.84 bits per heavy atom. The van der Waals surface area contributed by atoms with Crippen LogP contribution in [0.2, 0.25) is 0 Å². The largest absolute Gasteiger partial charge is 0.341 e. The number of nitrogens with zero attached hydrogens (tertiary/aromatic N) is 2. The number of benzene rings is 1. The monoisotopic (exact) mass is 361 g/mol. The van der Waals surface area contributed by atoms with Crippen molar-refractivity contribution in [3.05, 3.63) is 23.8 Å².